The summed E-state index contributed by atoms with van der Waals surface area (Å²) < 4.78 is 5.20. The Morgan fingerprint density at radius 2 is 2.15 bits per heavy atom. The maximum atomic E-state index is 9.09. The minimum Gasteiger partial charge on any atom is -0.396 e. The molecule has 13 heavy (non-hydrogen) atoms. The second kappa shape index (κ2) is 3.56. The first kappa shape index (κ1) is 9.44. The molecule has 76 valence electrons. The molecule has 0 saturated heterocycles. The zero-order valence-electron chi connectivity index (χ0n) is 8.25. The highest BCUT2D eigenvalue weighted by Crippen LogP contribution is 2.44. The number of hydrogen-bond acceptors (Lipinski definition) is 3. The van der Waals surface area contributed by atoms with Crippen LogP contribution in [0.2, 0.25) is 0 Å². The molecule has 2 N–H and O–H groups in total. The van der Waals surface area contributed by atoms with Crippen molar-refractivity contribution in [2.75, 3.05) is 20.3 Å². The predicted molar refractivity (Wildman–Crippen MR) is 50.6 cm³/mol. The summed E-state index contributed by atoms with van der Waals surface area (Å²) in [5.41, 5.74) is 0.248. The van der Waals surface area contributed by atoms with Gasteiger partial charge >= 0.3 is 0 Å². The van der Waals surface area contributed by atoms with Crippen LogP contribution in [-0.4, -0.2) is 37.5 Å². The van der Waals surface area contributed by atoms with Crippen molar-refractivity contribution in [3.05, 3.63) is 0 Å². The van der Waals surface area contributed by atoms with E-state index in [9.17, 15) is 0 Å². The van der Waals surface area contributed by atoms with Crippen molar-refractivity contribution >= 4 is 0 Å². The highest BCUT2D eigenvalue weighted by molar-refractivity contribution is 4.96. The van der Waals surface area contributed by atoms with Gasteiger partial charge in [-0.05, 0) is 25.7 Å². The molecule has 0 aliphatic heterocycles. The average molecular weight is 185 g/mol. The molecule has 2 aliphatic rings. The Labute approximate surface area is 79.5 Å². The third-order valence-electron chi connectivity index (χ3n) is 3.49. The lowest BCUT2D eigenvalue weighted by molar-refractivity contribution is 0.0152. The topological polar surface area (TPSA) is 41.5 Å². The van der Waals surface area contributed by atoms with Gasteiger partial charge in [0.05, 0.1) is 6.10 Å². The molecule has 2 rings (SSSR count). The molecular weight excluding hydrogens is 166 g/mol. The van der Waals surface area contributed by atoms with Gasteiger partial charge in [-0.2, -0.15) is 0 Å². The fourth-order valence-corrected chi connectivity index (χ4v) is 1.85. The maximum Gasteiger partial charge on any atom is 0.0601 e. The predicted octanol–water partition coefficient (Wildman–Crippen LogP) is 0.526. The summed E-state index contributed by atoms with van der Waals surface area (Å²) in [6.45, 7) is 1.34. The summed E-state index contributed by atoms with van der Waals surface area (Å²) in [6, 6.07) is 0.633. The van der Waals surface area contributed by atoms with Gasteiger partial charge in [0, 0.05) is 31.7 Å². The third kappa shape index (κ3) is 2.03. The summed E-state index contributed by atoms with van der Waals surface area (Å²) in [4.78, 5) is 0. The molecule has 2 aliphatic carbocycles. The van der Waals surface area contributed by atoms with E-state index in [2.05, 4.69) is 5.32 Å². The number of aliphatic hydroxyl groups is 1. The standard InChI is InChI=1S/C10H19NO2/c1-13-9-4-8(5-9)11-6-10(7-12)2-3-10/h8-9,11-12H,2-7H2,1H3. The van der Waals surface area contributed by atoms with E-state index in [0.717, 1.165) is 19.4 Å². The monoisotopic (exact) mass is 185 g/mol. The smallest absolute Gasteiger partial charge is 0.0601 e. The first-order chi connectivity index (χ1) is 6.28. The molecule has 0 spiro atoms. The summed E-state index contributed by atoms with van der Waals surface area (Å²) in [7, 11) is 1.77. The second-order valence-electron chi connectivity index (χ2n) is 4.57. The van der Waals surface area contributed by atoms with Crippen LogP contribution in [0.25, 0.3) is 0 Å². The van der Waals surface area contributed by atoms with Crippen LogP contribution < -0.4 is 5.32 Å². The van der Waals surface area contributed by atoms with E-state index in [0.29, 0.717) is 18.8 Å². The van der Waals surface area contributed by atoms with E-state index in [1.165, 1.54) is 12.8 Å². The molecule has 2 fully saturated rings. The minimum absolute atomic E-state index is 0.248. The lowest BCUT2D eigenvalue weighted by Crippen LogP contribution is -2.47. The van der Waals surface area contributed by atoms with Gasteiger partial charge in [-0.3, -0.25) is 0 Å². The normalized spacial score (nSPS) is 35.5. The molecule has 0 aromatic rings. The van der Waals surface area contributed by atoms with Gasteiger partial charge in [-0.25, -0.2) is 0 Å². The van der Waals surface area contributed by atoms with Crippen molar-refractivity contribution in [2.24, 2.45) is 5.41 Å². The number of ether oxygens (including phenoxy) is 1. The van der Waals surface area contributed by atoms with Crippen LogP contribution in [-0.2, 0) is 4.74 Å². The lowest BCUT2D eigenvalue weighted by atomic mass is 9.89. The Morgan fingerprint density at radius 1 is 1.46 bits per heavy atom. The van der Waals surface area contributed by atoms with Gasteiger partial charge in [-0.1, -0.05) is 0 Å². The van der Waals surface area contributed by atoms with E-state index < -0.39 is 0 Å². The zero-order valence-corrected chi connectivity index (χ0v) is 8.25. The van der Waals surface area contributed by atoms with Crippen LogP contribution in [0.5, 0.6) is 0 Å². The van der Waals surface area contributed by atoms with Crippen LogP contribution in [0.3, 0.4) is 0 Å². The number of hydrogen-bond donors (Lipinski definition) is 2. The van der Waals surface area contributed by atoms with E-state index in [4.69, 9.17) is 9.84 Å². The van der Waals surface area contributed by atoms with Crippen LogP contribution in [0, 0.1) is 5.41 Å². The van der Waals surface area contributed by atoms with Crippen molar-refractivity contribution in [2.45, 2.75) is 37.8 Å². The Morgan fingerprint density at radius 3 is 2.62 bits per heavy atom. The summed E-state index contributed by atoms with van der Waals surface area (Å²) in [5, 5.41) is 12.6. The SMILES string of the molecule is COC1CC(NCC2(CO)CC2)C1. The van der Waals surface area contributed by atoms with Gasteiger partial charge in [0.25, 0.3) is 0 Å². The van der Waals surface area contributed by atoms with Crippen LogP contribution in [0.1, 0.15) is 25.7 Å². The molecule has 0 aromatic carbocycles. The first-order valence-corrected chi connectivity index (χ1v) is 5.15. The largest absolute Gasteiger partial charge is 0.396 e. The van der Waals surface area contributed by atoms with Crippen molar-refractivity contribution < 1.29 is 9.84 Å². The fraction of sp³-hybridized carbons (Fsp3) is 1.00. The molecular formula is C10H19NO2. The van der Waals surface area contributed by atoms with Gasteiger partial charge in [0.15, 0.2) is 0 Å². The Balaban J connectivity index is 1.60. The highest BCUT2D eigenvalue weighted by Gasteiger charge is 2.42. The van der Waals surface area contributed by atoms with Crippen molar-refractivity contribution in [3.63, 3.8) is 0 Å². The van der Waals surface area contributed by atoms with Crippen molar-refractivity contribution in [1.29, 1.82) is 0 Å². The van der Waals surface area contributed by atoms with Crippen LogP contribution in [0.15, 0.2) is 0 Å². The quantitative estimate of drug-likeness (QED) is 0.656. The molecule has 0 radical (unpaired) electrons. The Hall–Kier alpha value is -0.120. The Kier molecular flexibility index (Phi) is 2.58. The Bertz CT molecular complexity index is 174. The van der Waals surface area contributed by atoms with Gasteiger partial charge < -0.3 is 15.2 Å². The van der Waals surface area contributed by atoms with Gasteiger partial charge in [0.2, 0.25) is 0 Å². The molecule has 0 heterocycles. The highest BCUT2D eigenvalue weighted by atomic mass is 16.5. The molecule has 0 bridgehead atoms. The molecule has 0 aromatic heterocycles. The summed E-state index contributed by atoms with van der Waals surface area (Å²) >= 11 is 0. The second-order valence-corrected chi connectivity index (χ2v) is 4.57. The molecule has 3 nitrogen and oxygen atoms in total. The number of rotatable bonds is 5. The van der Waals surface area contributed by atoms with E-state index in [1.807, 2.05) is 0 Å². The van der Waals surface area contributed by atoms with Crippen LogP contribution in [0.4, 0.5) is 0 Å². The van der Waals surface area contributed by atoms with E-state index >= 15 is 0 Å². The van der Waals surface area contributed by atoms with E-state index in [1.54, 1.807) is 7.11 Å². The maximum absolute atomic E-state index is 9.09. The molecule has 0 amide bonds. The fourth-order valence-electron chi connectivity index (χ4n) is 1.85. The third-order valence-corrected chi connectivity index (χ3v) is 3.49. The molecule has 0 unspecified atom stereocenters. The van der Waals surface area contributed by atoms with Gasteiger partial charge in [-0.15, -0.1) is 0 Å². The summed E-state index contributed by atoms with van der Waals surface area (Å²) in [6.07, 6.45) is 5.13. The van der Waals surface area contributed by atoms with Crippen molar-refractivity contribution in [1.82, 2.24) is 5.32 Å². The number of aliphatic hydroxyl groups excluding tert-OH is 1. The molecule has 3 heteroatoms. The first-order valence-electron chi connectivity index (χ1n) is 5.15. The van der Waals surface area contributed by atoms with Crippen LogP contribution >= 0.6 is 0 Å². The van der Waals surface area contributed by atoms with E-state index in [-0.39, 0.29) is 5.41 Å². The zero-order chi connectivity index (χ0) is 9.31. The average Bonchev–Trinajstić information content (AvgIpc) is 2.83. The number of nitrogens with one attached hydrogen (secondary N) is 1. The minimum atomic E-state index is 0.248. The molecule has 0 atom stereocenters. The lowest BCUT2D eigenvalue weighted by Gasteiger charge is -2.35. The van der Waals surface area contributed by atoms with Gasteiger partial charge in [0.1, 0.15) is 0 Å². The number of methoxy groups -OCH3 is 1. The molecule has 2 saturated carbocycles. The summed E-state index contributed by atoms with van der Waals surface area (Å²) in [5.74, 6) is 0. The van der Waals surface area contributed by atoms with Crippen molar-refractivity contribution in [3.8, 4) is 0 Å².